The lowest BCUT2D eigenvalue weighted by atomic mass is 10.0. The van der Waals surface area contributed by atoms with Crippen molar-refractivity contribution in [2.24, 2.45) is 10.9 Å². The minimum absolute atomic E-state index is 0.0883. The van der Waals surface area contributed by atoms with Gasteiger partial charge >= 0.3 is 5.97 Å². The SMILES string of the molecule is C=C1C=C(C(=O)O)C=C/C1=N/N(N)c1ccc2c(OCCS)nccc2c1O. The molecular formula is C19H18N4O4S. The number of carboxylic acids is 1. The molecule has 1 aliphatic rings. The number of hydrazine groups is 1. The Kier molecular flexibility index (Phi) is 5.67. The second-order valence-electron chi connectivity index (χ2n) is 5.81. The number of hydrogen-bond donors (Lipinski definition) is 4. The number of aromatic hydroxyl groups is 1. The zero-order valence-electron chi connectivity index (χ0n) is 14.7. The molecule has 144 valence electrons. The topological polar surface area (TPSA) is 121 Å². The summed E-state index contributed by atoms with van der Waals surface area (Å²) in [4.78, 5) is 15.2. The first-order valence-electron chi connectivity index (χ1n) is 8.22. The van der Waals surface area contributed by atoms with Gasteiger partial charge in [-0.15, -0.1) is 0 Å². The van der Waals surface area contributed by atoms with E-state index in [0.29, 0.717) is 40.3 Å². The Bertz CT molecular complexity index is 1050. The fraction of sp³-hybridized carbons (Fsp3) is 0.105. The standard InChI is InChI=1S/C19H18N4O4S/c1-11-10-12(19(25)26)2-4-15(11)22-23(20)16-5-3-14-13(17(16)24)6-7-21-18(14)27-8-9-28/h2-7,10,24,28H,1,8-9,20H2,(H,25,26)/b22-15-. The molecule has 28 heavy (non-hydrogen) atoms. The Morgan fingerprint density at radius 3 is 2.79 bits per heavy atom. The minimum Gasteiger partial charge on any atom is -0.505 e. The maximum Gasteiger partial charge on any atom is 0.335 e. The number of aromatic nitrogens is 1. The molecule has 1 aliphatic carbocycles. The summed E-state index contributed by atoms with van der Waals surface area (Å²) in [5.41, 5.74) is 1.12. The molecule has 8 nitrogen and oxygen atoms in total. The summed E-state index contributed by atoms with van der Waals surface area (Å²) in [7, 11) is 0. The smallest absolute Gasteiger partial charge is 0.335 e. The van der Waals surface area contributed by atoms with Crippen LogP contribution in [0.2, 0.25) is 0 Å². The van der Waals surface area contributed by atoms with Gasteiger partial charge in [0.2, 0.25) is 5.88 Å². The van der Waals surface area contributed by atoms with Crippen LogP contribution in [0.3, 0.4) is 0 Å². The normalized spacial score (nSPS) is 15.0. The number of hydrogen-bond acceptors (Lipinski definition) is 8. The number of nitrogens with zero attached hydrogens (tertiary/aromatic N) is 3. The summed E-state index contributed by atoms with van der Waals surface area (Å²) < 4.78 is 5.54. The summed E-state index contributed by atoms with van der Waals surface area (Å²) in [5, 5.41) is 26.0. The highest BCUT2D eigenvalue weighted by molar-refractivity contribution is 7.80. The fourth-order valence-electron chi connectivity index (χ4n) is 2.63. The van der Waals surface area contributed by atoms with Crippen LogP contribution in [-0.4, -0.2) is 39.2 Å². The number of carbonyl (C=O) groups is 1. The van der Waals surface area contributed by atoms with E-state index < -0.39 is 5.97 Å². The van der Waals surface area contributed by atoms with Crippen LogP contribution >= 0.6 is 12.6 Å². The highest BCUT2D eigenvalue weighted by atomic mass is 32.1. The Morgan fingerprint density at radius 1 is 1.32 bits per heavy atom. The number of thiol groups is 1. The number of hydrazone groups is 1. The molecule has 9 heteroatoms. The third kappa shape index (κ3) is 3.85. The van der Waals surface area contributed by atoms with Gasteiger partial charge in [0.25, 0.3) is 0 Å². The molecule has 0 radical (unpaired) electrons. The molecule has 0 saturated carbocycles. The molecule has 0 bridgehead atoms. The molecule has 0 saturated heterocycles. The van der Waals surface area contributed by atoms with Gasteiger partial charge in [-0.1, -0.05) is 6.58 Å². The average molecular weight is 398 g/mol. The molecule has 3 rings (SSSR count). The molecule has 0 spiro atoms. The van der Waals surface area contributed by atoms with E-state index in [2.05, 4.69) is 29.3 Å². The van der Waals surface area contributed by atoms with Crippen molar-refractivity contribution in [1.29, 1.82) is 0 Å². The van der Waals surface area contributed by atoms with E-state index in [9.17, 15) is 9.90 Å². The van der Waals surface area contributed by atoms with E-state index in [-0.39, 0.29) is 17.0 Å². The van der Waals surface area contributed by atoms with Crippen LogP contribution in [-0.2, 0) is 4.79 Å². The first kappa shape index (κ1) is 19.5. The van der Waals surface area contributed by atoms with E-state index in [1.54, 1.807) is 18.2 Å². The Labute approximate surface area is 166 Å². The first-order chi connectivity index (χ1) is 13.4. The number of fused-ring (bicyclic) bond motifs is 1. The van der Waals surface area contributed by atoms with Crippen molar-refractivity contribution in [3.63, 3.8) is 0 Å². The number of nitrogens with two attached hydrogens (primary N) is 1. The molecule has 4 N–H and O–H groups in total. The monoisotopic (exact) mass is 398 g/mol. The van der Waals surface area contributed by atoms with Gasteiger partial charge in [0.1, 0.15) is 5.69 Å². The number of phenols is 1. The number of rotatable bonds is 6. The summed E-state index contributed by atoms with van der Waals surface area (Å²) in [6, 6.07) is 4.95. The average Bonchev–Trinajstić information content (AvgIpc) is 2.68. The zero-order valence-corrected chi connectivity index (χ0v) is 15.6. The number of allylic oxidation sites excluding steroid dienone is 3. The molecule has 2 aromatic rings. The van der Waals surface area contributed by atoms with E-state index in [1.165, 1.54) is 24.4 Å². The number of pyridine rings is 1. The van der Waals surface area contributed by atoms with E-state index in [0.717, 1.165) is 5.12 Å². The largest absolute Gasteiger partial charge is 0.505 e. The Morgan fingerprint density at radius 2 is 2.11 bits per heavy atom. The van der Waals surface area contributed by atoms with Gasteiger partial charge in [0, 0.05) is 22.7 Å². The maximum absolute atomic E-state index is 11.0. The van der Waals surface area contributed by atoms with Crippen LogP contribution in [0.25, 0.3) is 10.8 Å². The third-order valence-electron chi connectivity index (χ3n) is 3.98. The van der Waals surface area contributed by atoms with Crippen LogP contribution in [0.5, 0.6) is 11.6 Å². The Balaban J connectivity index is 1.94. The van der Waals surface area contributed by atoms with Crippen molar-refractivity contribution in [3.8, 4) is 11.6 Å². The lowest BCUT2D eigenvalue weighted by Crippen LogP contribution is -2.26. The number of phenolic OH excluding ortho intramolecular Hbond substituents is 1. The molecule has 1 aromatic carbocycles. The lowest BCUT2D eigenvalue weighted by Gasteiger charge is -2.18. The lowest BCUT2D eigenvalue weighted by molar-refractivity contribution is -0.132. The molecule has 0 atom stereocenters. The first-order valence-corrected chi connectivity index (χ1v) is 8.85. The maximum atomic E-state index is 11.0. The van der Waals surface area contributed by atoms with Gasteiger partial charge in [0.05, 0.1) is 17.9 Å². The number of aliphatic carboxylic acids is 1. The van der Waals surface area contributed by atoms with Crippen LogP contribution in [0.1, 0.15) is 0 Å². The third-order valence-corrected chi connectivity index (χ3v) is 4.16. The van der Waals surface area contributed by atoms with Crippen LogP contribution in [0, 0.1) is 0 Å². The van der Waals surface area contributed by atoms with Gasteiger partial charge in [0.15, 0.2) is 5.75 Å². The minimum atomic E-state index is -1.06. The van der Waals surface area contributed by atoms with Crippen molar-refractivity contribution in [3.05, 3.63) is 60.3 Å². The molecule has 1 aromatic heterocycles. The highest BCUT2D eigenvalue weighted by Crippen LogP contribution is 2.37. The van der Waals surface area contributed by atoms with Crippen molar-refractivity contribution < 1.29 is 19.7 Å². The summed E-state index contributed by atoms with van der Waals surface area (Å²) in [6.45, 7) is 4.17. The zero-order chi connectivity index (χ0) is 20.3. The van der Waals surface area contributed by atoms with Crippen LogP contribution in [0.4, 0.5) is 5.69 Å². The van der Waals surface area contributed by atoms with E-state index in [1.807, 2.05) is 0 Å². The van der Waals surface area contributed by atoms with E-state index >= 15 is 0 Å². The van der Waals surface area contributed by atoms with Crippen LogP contribution < -0.4 is 15.7 Å². The van der Waals surface area contributed by atoms with Gasteiger partial charge in [-0.25, -0.2) is 15.6 Å². The van der Waals surface area contributed by atoms with Gasteiger partial charge in [-0.2, -0.15) is 22.8 Å². The molecule has 0 unspecified atom stereocenters. The number of carboxylic acid groups (broad SMARTS) is 1. The summed E-state index contributed by atoms with van der Waals surface area (Å²) in [5.74, 6) is 5.78. The predicted molar refractivity (Wildman–Crippen MR) is 111 cm³/mol. The van der Waals surface area contributed by atoms with Gasteiger partial charge in [-0.05, 0) is 42.0 Å². The van der Waals surface area contributed by atoms with Crippen molar-refractivity contribution in [2.45, 2.75) is 0 Å². The van der Waals surface area contributed by atoms with Gasteiger partial charge < -0.3 is 14.9 Å². The van der Waals surface area contributed by atoms with Gasteiger partial charge in [-0.3, -0.25) is 0 Å². The number of benzene rings is 1. The van der Waals surface area contributed by atoms with Crippen LogP contribution in [0.15, 0.2) is 65.5 Å². The number of ether oxygens (including phenoxy) is 1. The quantitative estimate of drug-likeness (QED) is 0.335. The van der Waals surface area contributed by atoms with E-state index in [4.69, 9.17) is 15.7 Å². The van der Waals surface area contributed by atoms with Crippen molar-refractivity contribution >= 4 is 40.8 Å². The molecule has 0 fully saturated rings. The van der Waals surface area contributed by atoms with Crippen molar-refractivity contribution in [2.75, 3.05) is 17.5 Å². The Hall–Kier alpha value is -3.30. The fourth-order valence-corrected chi connectivity index (χ4v) is 2.72. The summed E-state index contributed by atoms with van der Waals surface area (Å²) >= 11 is 4.11. The predicted octanol–water partition coefficient (Wildman–Crippen LogP) is 2.42. The number of anilines is 1. The summed E-state index contributed by atoms with van der Waals surface area (Å²) in [6.07, 6.45) is 5.82. The van der Waals surface area contributed by atoms with Crippen molar-refractivity contribution in [1.82, 2.24) is 4.98 Å². The molecule has 1 heterocycles. The second-order valence-corrected chi connectivity index (χ2v) is 6.26. The molecular weight excluding hydrogens is 380 g/mol. The highest BCUT2D eigenvalue weighted by Gasteiger charge is 2.16. The second kappa shape index (κ2) is 8.15. The molecule has 0 aliphatic heterocycles. The molecule has 0 amide bonds.